The van der Waals surface area contributed by atoms with Crippen LogP contribution in [0.5, 0.6) is 0 Å². The van der Waals surface area contributed by atoms with E-state index in [4.69, 9.17) is 0 Å². The summed E-state index contributed by atoms with van der Waals surface area (Å²) in [5, 5.41) is 7.07. The van der Waals surface area contributed by atoms with E-state index < -0.39 is 0 Å². The van der Waals surface area contributed by atoms with Crippen LogP contribution in [0.25, 0.3) is 10.8 Å². The fourth-order valence-corrected chi connectivity index (χ4v) is 4.62. The molecular formula is C25H20N2O2S. The van der Waals surface area contributed by atoms with Crippen LogP contribution in [0.3, 0.4) is 0 Å². The quantitative estimate of drug-likeness (QED) is 0.466. The Morgan fingerprint density at radius 1 is 0.900 bits per heavy atom. The number of aryl methyl sites for hydroxylation is 1. The monoisotopic (exact) mass is 412 g/mol. The van der Waals surface area contributed by atoms with Gasteiger partial charge in [-0.2, -0.15) is 0 Å². The largest absolute Gasteiger partial charge is 0.322 e. The van der Waals surface area contributed by atoms with Gasteiger partial charge in [-0.3, -0.25) is 9.59 Å². The van der Waals surface area contributed by atoms with E-state index in [1.807, 2.05) is 83.1 Å². The zero-order valence-corrected chi connectivity index (χ0v) is 17.1. The minimum absolute atomic E-state index is 0.0406. The maximum absolute atomic E-state index is 12.8. The molecule has 5 heteroatoms. The number of nitrogens with one attached hydrogen (secondary N) is 1. The fraction of sp³-hybridized carbons (Fsp3) is 0.120. The van der Waals surface area contributed by atoms with Crippen molar-refractivity contribution >= 4 is 45.3 Å². The second-order valence-corrected chi connectivity index (χ2v) is 8.34. The third-order valence-corrected chi connectivity index (χ3v) is 6.30. The molecule has 3 aromatic carbocycles. The predicted octanol–water partition coefficient (Wildman–Crippen LogP) is 5.75. The topological polar surface area (TPSA) is 49.4 Å². The summed E-state index contributed by atoms with van der Waals surface area (Å²) in [6, 6.07) is 23.3. The molecule has 1 aliphatic rings. The summed E-state index contributed by atoms with van der Waals surface area (Å²) < 4.78 is 0. The molecule has 0 unspecified atom stereocenters. The summed E-state index contributed by atoms with van der Waals surface area (Å²) in [5.41, 5.74) is 3.39. The molecule has 4 aromatic rings. The van der Waals surface area contributed by atoms with Crippen molar-refractivity contribution in [2.75, 3.05) is 16.8 Å². The fourth-order valence-electron chi connectivity index (χ4n) is 3.95. The van der Waals surface area contributed by atoms with E-state index >= 15 is 0 Å². The lowest BCUT2D eigenvalue weighted by molar-refractivity contribution is 0.0987. The molecule has 0 saturated carbocycles. The average molecular weight is 413 g/mol. The van der Waals surface area contributed by atoms with Gasteiger partial charge in [0.25, 0.3) is 11.8 Å². The number of anilines is 2. The Hall–Kier alpha value is -3.44. The third kappa shape index (κ3) is 3.48. The summed E-state index contributed by atoms with van der Waals surface area (Å²) >= 11 is 1.46. The first-order valence-electron chi connectivity index (χ1n) is 9.97. The Morgan fingerprint density at radius 2 is 1.77 bits per heavy atom. The third-order valence-electron chi connectivity index (χ3n) is 5.44. The van der Waals surface area contributed by atoms with Crippen LogP contribution < -0.4 is 10.2 Å². The van der Waals surface area contributed by atoms with Crippen molar-refractivity contribution in [1.29, 1.82) is 0 Å². The van der Waals surface area contributed by atoms with Crippen LogP contribution >= 0.6 is 11.3 Å². The van der Waals surface area contributed by atoms with E-state index in [1.54, 1.807) is 0 Å². The number of carbonyl (C=O) groups excluding carboxylic acids is 2. The van der Waals surface area contributed by atoms with Gasteiger partial charge in [0.1, 0.15) is 0 Å². The van der Waals surface area contributed by atoms with Gasteiger partial charge in [0.15, 0.2) is 0 Å². The molecule has 148 valence electrons. The van der Waals surface area contributed by atoms with Gasteiger partial charge in [-0.1, -0.05) is 36.4 Å². The van der Waals surface area contributed by atoms with Gasteiger partial charge in [0.05, 0.1) is 4.88 Å². The van der Waals surface area contributed by atoms with Crippen molar-refractivity contribution in [3.05, 3.63) is 94.2 Å². The molecule has 30 heavy (non-hydrogen) atoms. The van der Waals surface area contributed by atoms with E-state index in [0.29, 0.717) is 12.1 Å². The lowest BCUT2D eigenvalue weighted by Crippen LogP contribution is -2.35. The van der Waals surface area contributed by atoms with E-state index in [9.17, 15) is 9.59 Å². The maximum Gasteiger partial charge on any atom is 0.268 e. The smallest absolute Gasteiger partial charge is 0.268 e. The highest BCUT2D eigenvalue weighted by molar-refractivity contribution is 7.12. The molecule has 0 fully saturated rings. The summed E-state index contributed by atoms with van der Waals surface area (Å²) in [5.74, 6) is -0.0954. The maximum atomic E-state index is 12.8. The van der Waals surface area contributed by atoms with Crippen LogP contribution in [0.1, 0.15) is 32.0 Å². The zero-order chi connectivity index (χ0) is 20.5. The van der Waals surface area contributed by atoms with Gasteiger partial charge in [0.2, 0.25) is 0 Å². The Balaban J connectivity index is 1.38. The van der Waals surface area contributed by atoms with E-state index in [2.05, 4.69) is 5.32 Å². The number of fused-ring (bicyclic) bond motifs is 2. The molecule has 1 aromatic heterocycles. The number of rotatable bonds is 3. The lowest BCUT2D eigenvalue weighted by Gasteiger charge is -2.29. The number of hydrogen-bond donors (Lipinski definition) is 1. The van der Waals surface area contributed by atoms with Gasteiger partial charge < -0.3 is 10.2 Å². The van der Waals surface area contributed by atoms with Gasteiger partial charge in [-0.25, -0.2) is 0 Å². The Morgan fingerprint density at radius 3 is 2.60 bits per heavy atom. The van der Waals surface area contributed by atoms with Crippen molar-refractivity contribution in [2.24, 2.45) is 0 Å². The highest BCUT2D eigenvalue weighted by Gasteiger charge is 2.24. The van der Waals surface area contributed by atoms with Crippen molar-refractivity contribution in [3.63, 3.8) is 0 Å². The van der Waals surface area contributed by atoms with Crippen LogP contribution in [0, 0.1) is 0 Å². The Kier molecular flexibility index (Phi) is 4.81. The summed E-state index contributed by atoms with van der Waals surface area (Å²) in [4.78, 5) is 28.2. The predicted molar refractivity (Wildman–Crippen MR) is 123 cm³/mol. The van der Waals surface area contributed by atoms with E-state index in [0.717, 1.165) is 45.4 Å². The number of benzene rings is 3. The van der Waals surface area contributed by atoms with E-state index in [-0.39, 0.29) is 11.8 Å². The van der Waals surface area contributed by atoms with Gasteiger partial charge in [0, 0.05) is 23.5 Å². The Bertz CT molecular complexity index is 1250. The van der Waals surface area contributed by atoms with Crippen LogP contribution in [0.15, 0.2) is 78.2 Å². The molecule has 2 amide bonds. The molecule has 5 rings (SSSR count). The molecule has 0 atom stereocenters. The summed E-state index contributed by atoms with van der Waals surface area (Å²) in [7, 11) is 0. The first kappa shape index (κ1) is 18.6. The zero-order valence-electron chi connectivity index (χ0n) is 16.3. The number of amides is 2. The van der Waals surface area contributed by atoms with Crippen molar-refractivity contribution in [1.82, 2.24) is 0 Å². The van der Waals surface area contributed by atoms with Crippen LogP contribution in [-0.2, 0) is 6.42 Å². The first-order valence-corrected chi connectivity index (χ1v) is 10.9. The molecule has 1 N–H and O–H groups in total. The molecule has 0 aliphatic carbocycles. The van der Waals surface area contributed by atoms with Crippen molar-refractivity contribution < 1.29 is 9.59 Å². The molecular weight excluding hydrogens is 392 g/mol. The number of carbonyl (C=O) groups is 2. The number of hydrogen-bond acceptors (Lipinski definition) is 3. The SMILES string of the molecule is O=C(Nc1ccc2c(c1)CCCN2C(=O)c1cccs1)c1ccc2ccccc2c1. The van der Waals surface area contributed by atoms with Crippen LogP contribution in [0.2, 0.25) is 0 Å². The number of thiophene rings is 1. The minimum atomic E-state index is -0.136. The first-order chi connectivity index (χ1) is 14.7. The van der Waals surface area contributed by atoms with Gasteiger partial charge in [-0.15, -0.1) is 11.3 Å². The number of nitrogens with zero attached hydrogens (tertiary/aromatic N) is 1. The minimum Gasteiger partial charge on any atom is -0.322 e. The van der Waals surface area contributed by atoms with Gasteiger partial charge >= 0.3 is 0 Å². The molecule has 1 aliphatic heterocycles. The van der Waals surface area contributed by atoms with Crippen LogP contribution in [-0.4, -0.2) is 18.4 Å². The second-order valence-electron chi connectivity index (χ2n) is 7.40. The van der Waals surface area contributed by atoms with Crippen LogP contribution in [0.4, 0.5) is 11.4 Å². The molecule has 2 heterocycles. The standard InChI is InChI=1S/C25H20N2O2S/c28-24(20-10-9-17-5-1-2-6-18(17)15-20)26-21-11-12-22-19(16-21)7-3-13-27(22)25(29)23-8-4-14-30-23/h1-2,4-6,8-12,14-16H,3,7,13H2,(H,26,28). The highest BCUT2D eigenvalue weighted by Crippen LogP contribution is 2.31. The van der Waals surface area contributed by atoms with Crippen molar-refractivity contribution in [2.45, 2.75) is 12.8 Å². The highest BCUT2D eigenvalue weighted by atomic mass is 32.1. The molecule has 0 spiro atoms. The normalized spacial score (nSPS) is 13.1. The average Bonchev–Trinajstić information content (AvgIpc) is 3.32. The summed E-state index contributed by atoms with van der Waals surface area (Å²) in [6.45, 7) is 0.715. The lowest BCUT2D eigenvalue weighted by atomic mass is 10.0. The molecule has 4 nitrogen and oxygen atoms in total. The molecule has 0 bridgehead atoms. The second kappa shape index (κ2) is 7.76. The van der Waals surface area contributed by atoms with Crippen molar-refractivity contribution in [3.8, 4) is 0 Å². The van der Waals surface area contributed by atoms with Gasteiger partial charge in [-0.05, 0) is 71.0 Å². The summed E-state index contributed by atoms with van der Waals surface area (Å²) in [6.07, 6.45) is 1.80. The Labute approximate surface area is 178 Å². The van der Waals surface area contributed by atoms with E-state index in [1.165, 1.54) is 11.3 Å². The molecule has 0 saturated heterocycles. The molecule has 0 radical (unpaired) electrons.